The van der Waals surface area contributed by atoms with Gasteiger partial charge in [-0.05, 0) is 0 Å². The van der Waals surface area contributed by atoms with E-state index < -0.39 is 19.5 Å². The third kappa shape index (κ3) is 11.7. The van der Waals surface area contributed by atoms with E-state index in [9.17, 15) is 17.7 Å². The molecule has 0 bridgehead atoms. The molecule has 0 aliphatic heterocycles. The van der Waals surface area contributed by atoms with Crippen LogP contribution in [0.25, 0.3) is 0 Å². The molecular weight excluding hydrogens is 175 g/mol. The zero-order chi connectivity index (χ0) is 7.49. The van der Waals surface area contributed by atoms with E-state index in [4.69, 9.17) is 0 Å². The van der Waals surface area contributed by atoms with Crippen molar-refractivity contribution >= 4 is 64.3 Å². The summed E-state index contributed by atoms with van der Waals surface area (Å²) >= 11 is 0. The van der Waals surface area contributed by atoms with E-state index >= 15 is 0 Å². The van der Waals surface area contributed by atoms with Gasteiger partial charge in [0.1, 0.15) is 0 Å². The molecule has 0 radical (unpaired) electrons. The predicted octanol–water partition coefficient (Wildman–Crippen LogP) is 0.288. The van der Waals surface area contributed by atoms with Crippen LogP contribution in [0.15, 0.2) is 0 Å². The zero-order valence-electron chi connectivity index (χ0n) is 4.73. The van der Waals surface area contributed by atoms with E-state index in [0.717, 1.165) is 6.92 Å². The number of halogens is 3. The first-order chi connectivity index (χ1) is 3.92. The molecule has 56 valence electrons. The van der Waals surface area contributed by atoms with Crippen LogP contribution in [-0.2, 0) is 9.53 Å². The molecule has 0 amide bonds. The molecule has 0 heterocycles. The summed E-state index contributed by atoms with van der Waals surface area (Å²) < 4.78 is 37.3. The van der Waals surface area contributed by atoms with Gasteiger partial charge >= 0.3 is 58.4 Å². The van der Waals surface area contributed by atoms with Crippen LogP contribution >= 0.6 is 0 Å². The average Bonchev–Trinajstić information content (AvgIpc) is 1.59. The van der Waals surface area contributed by atoms with E-state index in [-0.39, 0.29) is 51.4 Å². The second-order valence-electron chi connectivity index (χ2n) is 1.51. The van der Waals surface area contributed by atoms with Gasteiger partial charge in [0, 0.05) is 6.92 Å². The number of hydrogen-bond acceptors (Lipinski definition) is 2. The van der Waals surface area contributed by atoms with Crippen LogP contribution in [0, 0.1) is 0 Å². The maximum absolute atomic E-state index is 11.2. The van der Waals surface area contributed by atoms with Crippen molar-refractivity contribution in [2.24, 2.45) is 0 Å². The van der Waals surface area contributed by atoms with E-state index in [2.05, 4.69) is 4.74 Å². The molecule has 0 fully saturated rings. The summed E-state index contributed by atoms with van der Waals surface area (Å²) in [4.78, 5) is 9.78. The Hall–Kier alpha value is 0.961. The van der Waals surface area contributed by atoms with Crippen LogP contribution in [0.5, 0.6) is 0 Å². The Morgan fingerprint density at radius 3 is 2.00 bits per heavy atom. The van der Waals surface area contributed by atoms with Gasteiger partial charge in [0.05, 0.1) is 6.51 Å². The summed E-state index contributed by atoms with van der Waals surface area (Å²) in [5.74, 6) is -0.908. The van der Waals surface area contributed by atoms with Gasteiger partial charge in [-0.25, -0.2) is 0 Å². The van der Waals surface area contributed by atoms with Gasteiger partial charge in [0.2, 0.25) is 0 Å². The molecule has 2 nitrogen and oxygen atoms in total. The number of rotatable bonds is 2. The van der Waals surface area contributed by atoms with Gasteiger partial charge in [-0.3, -0.25) is 4.79 Å². The van der Waals surface area contributed by atoms with Gasteiger partial charge in [0.15, 0.2) is 0 Å². The molecule has 0 rings (SSSR count). The second kappa shape index (κ2) is 5.59. The van der Waals surface area contributed by atoms with E-state index in [1.54, 1.807) is 0 Å². The van der Waals surface area contributed by atoms with Crippen molar-refractivity contribution in [1.82, 2.24) is 0 Å². The van der Waals surface area contributed by atoms with Crippen LogP contribution in [0.2, 0.25) is 0 Å². The molecular formula is C3H6BF3KO2-. The third-order valence-corrected chi connectivity index (χ3v) is 0.476. The van der Waals surface area contributed by atoms with Crippen molar-refractivity contribution in [1.29, 1.82) is 0 Å². The van der Waals surface area contributed by atoms with Crippen molar-refractivity contribution in [3.8, 4) is 0 Å². The quantitative estimate of drug-likeness (QED) is 0.452. The minimum atomic E-state index is -4.97. The number of ether oxygens (including phenoxy) is 1. The van der Waals surface area contributed by atoms with Crippen molar-refractivity contribution in [2.75, 3.05) is 6.51 Å². The standard InChI is InChI=1S/C3H5BF3O2.K.H/c1-3(8)9-2-4(5,6)7;;/h2H2,1H3;;/q-1;;. The molecule has 7 heteroatoms. The van der Waals surface area contributed by atoms with Crippen molar-refractivity contribution in [3.63, 3.8) is 0 Å². The SMILES string of the molecule is CC(=O)OC[B-](F)(F)F.[KH]. The van der Waals surface area contributed by atoms with Gasteiger partial charge in [0.25, 0.3) is 5.97 Å². The summed E-state index contributed by atoms with van der Waals surface area (Å²) in [6, 6.07) is 0. The topological polar surface area (TPSA) is 26.3 Å². The second-order valence-corrected chi connectivity index (χ2v) is 1.51. The molecule has 0 saturated carbocycles. The molecule has 0 atom stereocenters. The van der Waals surface area contributed by atoms with Crippen LogP contribution in [-0.4, -0.2) is 70.8 Å². The Balaban J connectivity index is 0. The molecule has 0 aromatic rings. The molecule has 0 N–H and O–H groups in total. The average molecular weight is 181 g/mol. The first-order valence-electron chi connectivity index (χ1n) is 2.26. The van der Waals surface area contributed by atoms with Crippen LogP contribution in [0.1, 0.15) is 6.92 Å². The number of carbonyl (C=O) groups excluding carboxylic acids is 1. The van der Waals surface area contributed by atoms with E-state index in [0.29, 0.717) is 0 Å². The first-order valence-corrected chi connectivity index (χ1v) is 2.26. The first kappa shape index (κ1) is 13.5. The van der Waals surface area contributed by atoms with Gasteiger partial charge in [-0.15, -0.1) is 0 Å². The molecule has 0 saturated heterocycles. The van der Waals surface area contributed by atoms with Gasteiger partial charge in [-0.1, -0.05) is 0 Å². The maximum atomic E-state index is 11.2. The molecule has 0 aliphatic rings. The molecule has 10 heavy (non-hydrogen) atoms. The van der Waals surface area contributed by atoms with Gasteiger partial charge < -0.3 is 17.7 Å². The molecule has 0 aliphatic carbocycles. The Kier molecular flexibility index (Phi) is 7.57. The van der Waals surface area contributed by atoms with E-state index in [1.165, 1.54) is 0 Å². The predicted molar refractivity (Wildman–Crippen MR) is 32.9 cm³/mol. The fourth-order valence-electron chi connectivity index (χ4n) is 0.212. The summed E-state index contributed by atoms with van der Waals surface area (Å²) in [5, 5.41) is 0. The Morgan fingerprint density at radius 2 is 1.90 bits per heavy atom. The molecule has 0 aromatic heterocycles. The van der Waals surface area contributed by atoms with Crippen molar-refractivity contribution < 1.29 is 22.5 Å². The van der Waals surface area contributed by atoms with Gasteiger partial charge in [-0.2, -0.15) is 0 Å². The van der Waals surface area contributed by atoms with Crippen LogP contribution < -0.4 is 0 Å². The van der Waals surface area contributed by atoms with Crippen LogP contribution in [0.4, 0.5) is 12.9 Å². The third-order valence-electron chi connectivity index (χ3n) is 0.476. The van der Waals surface area contributed by atoms with Crippen molar-refractivity contribution in [3.05, 3.63) is 0 Å². The number of carbonyl (C=O) groups is 1. The molecule has 0 aromatic carbocycles. The molecule has 0 spiro atoms. The van der Waals surface area contributed by atoms with Crippen molar-refractivity contribution in [2.45, 2.75) is 6.92 Å². The summed E-state index contributed by atoms with van der Waals surface area (Å²) in [7, 11) is 0. The summed E-state index contributed by atoms with van der Waals surface area (Å²) in [6.45, 7) is -5.48. The summed E-state index contributed by atoms with van der Waals surface area (Å²) in [6.07, 6.45) is 0. The zero-order valence-corrected chi connectivity index (χ0v) is 4.73. The summed E-state index contributed by atoms with van der Waals surface area (Å²) in [5.41, 5.74) is 0. The molecule has 0 unspecified atom stereocenters. The van der Waals surface area contributed by atoms with E-state index in [1.807, 2.05) is 0 Å². The Bertz CT molecular complexity index is 115. The fraction of sp³-hybridized carbons (Fsp3) is 0.667. The van der Waals surface area contributed by atoms with Crippen LogP contribution in [0.3, 0.4) is 0 Å². The normalized spacial score (nSPS) is 10.0. The Morgan fingerprint density at radius 1 is 1.50 bits per heavy atom. The Labute approximate surface area is 99.0 Å². The number of esters is 1. The fourth-order valence-corrected chi connectivity index (χ4v) is 0.212. The minimum absolute atomic E-state index is 0. The monoisotopic (exact) mass is 181 g/mol. The number of hydrogen-bond donors (Lipinski definition) is 0.